The van der Waals surface area contributed by atoms with Crippen LogP contribution in [0.15, 0.2) is 47.5 Å². The number of aromatic nitrogens is 2. The Morgan fingerprint density at radius 1 is 1.14 bits per heavy atom. The molecule has 2 saturated heterocycles. The van der Waals surface area contributed by atoms with Crippen LogP contribution in [0.4, 0.5) is 14.5 Å². The van der Waals surface area contributed by atoms with Crippen molar-refractivity contribution >= 4 is 32.5 Å². The Kier molecular flexibility index (Phi) is 6.22. The molecule has 0 saturated carbocycles. The zero-order valence-corrected chi connectivity index (χ0v) is 19.9. The molecule has 4 heterocycles. The minimum Gasteiger partial charge on any atom is -0.378 e. The zero-order chi connectivity index (χ0) is 24.6. The van der Waals surface area contributed by atoms with E-state index in [1.54, 1.807) is 34.2 Å². The maximum atomic E-state index is 14.0. The predicted octanol–water partition coefficient (Wildman–Crippen LogP) is 3.10. The summed E-state index contributed by atoms with van der Waals surface area (Å²) in [4.78, 5) is 23.2. The topological polar surface area (TPSA) is 95.6 Å². The third-order valence-electron chi connectivity index (χ3n) is 6.47. The van der Waals surface area contributed by atoms with Gasteiger partial charge in [-0.2, -0.15) is 0 Å². The Morgan fingerprint density at radius 3 is 2.66 bits per heavy atom. The van der Waals surface area contributed by atoms with E-state index in [-0.39, 0.29) is 35.9 Å². The third-order valence-corrected chi connectivity index (χ3v) is 8.18. The van der Waals surface area contributed by atoms with Gasteiger partial charge in [-0.25, -0.2) is 17.2 Å². The smallest absolute Gasteiger partial charge is 0.266 e. The highest BCUT2D eigenvalue weighted by atomic mass is 32.2. The van der Waals surface area contributed by atoms with E-state index in [4.69, 9.17) is 4.74 Å². The van der Waals surface area contributed by atoms with Gasteiger partial charge in [-0.05, 0) is 36.4 Å². The molecule has 11 heteroatoms. The predicted molar refractivity (Wildman–Crippen MR) is 127 cm³/mol. The molecule has 2 aromatic heterocycles. The number of alkyl halides is 2. The first kappa shape index (κ1) is 23.7. The van der Waals surface area contributed by atoms with E-state index in [1.807, 2.05) is 6.07 Å². The molecule has 186 valence electrons. The van der Waals surface area contributed by atoms with E-state index < -0.39 is 22.3 Å². The molecule has 0 spiro atoms. The summed E-state index contributed by atoms with van der Waals surface area (Å²) in [5.74, 6) is -3.36. The molecule has 1 amide bonds. The van der Waals surface area contributed by atoms with Crippen LogP contribution in [-0.4, -0.2) is 80.3 Å². The number of aromatic amines is 1. The second-order valence-corrected chi connectivity index (χ2v) is 11.0. The van der Waals surface area contributed by atoms with E-state index in [1.165, 1.54) is 12.1 Å². The molecule has 8 nitrogen and oxygen atoms in total. The molecule has 0 aliphatic carbocycles. The lowest BCUT2D eigenvalue weighted by Crippen LogP contribution is -2.41. The van der Waals surface area contributed by atoms with Crippen LogP contribution >= 0.6 is 0 Å². The SMILES string of the molecule is O=C(CCS(=O)(=O)c1ccc(N2CCC(F)(F)C2)c(-c2cc3ncccc3[nH]2)c1)N1CCOCC1. The molecule has 5 rings (SSSR count). The van der Waals surface area contributed by atoms with E-state index in [2.05, 4.69) is 9.97 Å². The van der Waals surface area contributed by atoms with Crippen LogP contribution in [0.2, 0.25) is 0 Å². The fourth-order valence-electron chi connectivity index (χ4n) is 4.55. The summed E-state index contributed by atoms with van der Waals surface area (Å²) in [6.45, 7) is 1.52. The van der Waals surface area contributed by atoms with Crippen LogP contribution in [0.5, 0.6) is 0 Å². The number of carbonyl (C=O) groups is 1. The highest BCUT2D eigenvalue weighted by Gasteiger charge is 2.39. The van der Waals surface area contributed by atoms with Crippen LogP contribution in [0, 0.1) is 0 Å². The fraction of sp³-hybridized carbons (Fsp3) is 0.417. The molecule has 0 bridgehead atoms. The Balaban J connectivity index is 1.46. The number of fused-ring (bicyclic) bond motifs is 1. The van der Waals surface area contributed by atoms with Gasteiger partial charge in [-0.15, -0.1) is 0 Å². The maximum absolute atomic E-state index is 14.0. The van der Waals surface area contributed by atoms with E-state index >= 15 is 0 Å². The minimum absolute atomic E-state index is 0.0450. The van der Waals surface area contributed by atoms with Gasteiger partial charge in [0.15, 0.2) is 9.84 Å². The molecule has 2 aliphatic rings. The minimum atomic E-state index is -3.79. The number of hydrogen-bond donors (Lipinski definition) is 1. The number of nitrogens with one attached hydrogen (secondary N) is 1. The van der Waals surface area contributed by atoms with Gasteiger partial charge in [-0.1, -0.05) is 0 Å². The maximum Gasteiger partial charge on any atom is 0.266 e. The first-order chi connectivity index (χ1) is 16.7. The quantitative estimate of drug-likeness (QED) is 0.554. The van der Waals surface area contributed by atoms with Gasteiger partial charge in [0, 0.05) is 49.9 Å². The lowest BCUT2D eigenvalue weighted by atomic mass is 10.1. The number of pyridine rings is 1. The Bertz CT molecular complexity index is 1320. The summed E-state index contributed by atoms with van der Waals surface area (Å²) in [5, 5.41) is 0. The van der Waals surface area contributed by atoms with E-state index in [0.29, 0.717) is 48.8 Å². The number of amides is 1. The van der Waals surface area contributed by atoms with Crippen molar-refractivity contribution in [1.82, 2.24) is 14.9 Å². The molecule has 1 N–H and O–H groups in total. The number of hydrogen-bond acceptors (Lipinski definition) is 6. The highest BCUT2D eigenvalue weighted by Crippen LogP contribution is 2.38. The van der Waals surface area contributed by atoms with Crippen molar-refractivity contribution in [1.29, 1.82) is 0 Å². The largest absolute Gasteiger partial charge is 0.378 e. The number of carbonyl (C=O) groups excluding carboxylic acids is 1. The van der Waals surface area contributed by atoms with Crippen molar-refractivity contribution < 1.29 is 26.7 Å². The van der Waals surface area contributed by atoms with Crippen LogP contribution in [0.25, 0.3) is 22.3 Å². The van der Waals surface area contributed by atoms with Gasteiger partial charge in [0.25, 0.3) is 5.92 Å². The molecule has 0 radical (unpaired) electrons. The number of halogens is 2. The molecule has 1 aromatic carbocycles. The van der Waals surface area contributed by atoms with Crippen molar-refractivity contribution in [2.75, 3.05) is 50.0 Å². The normalized spacial score (nSPS) is 18.3. The summed E-state index contributed by atoms with van der Waals surface area (Å²) in [6.07, 6.45) is 1.26. The molecule has 35 heavy (non-hydrogen) atoms. The van der Waals surface area contributed by atoms with Crippen LogP contribution in [0.1, 0.15) is 12.8 Å². The summed E-state index contributed by atoms with van der Waals surface area (Å²) >= 11 is 0. The molecule has 0 unspecified atom stereocenters. The summed E-state index contributed by atoms with van der Waals surface area (Å²) in [5.41, 5.74) is 3.05. The van der Waals surface area contributed by atoms with Crippen LogP contribution < -0.4 is 4.90 Å². The Morgan fingerprint density at radius 2 is 1.94 bits per heavy atom. The van der Waals surface area contributed by atoms with E-state index in [0.717, 1.165) is 5.52 Å². The van der Waals surface area contributed by atoms with Gasteiger partial charge >= 0.3 is 0 Å². The summed E-state index contributed by atoms with van der Waals surface area (Å²) in [6, 6.07) is 9.91. The molecular formula is C24H26F2N4O4S. The van der Waals surface area contributed by atoms with E-state index in [9.17, 15) is 22.0 Å². The Labute approximate surface area is 201 Å². The number of rotatable bonds is 6. The number of nitrogens with zero attached hydrogens (tertiary/aromatic N) is 3. The molecule has 0 atom stereocenters. The number of morpholine rings is 1. The molecule has 2 aliphatic heterocycles. The highest BCUT2D eigenvalue weighted by molar-refractivity contribution is 7.91. The lowest BCUT2D eigenvalue weighted by molar-refractivity contribution is -0.134. The third kappa shape index (κ3) is 5.01. The second-order valence-electron chi connectivity index (χ2n) is 8.89. The number of sulfone groups is 1. The van der Waals surface area contributed by atoms with Crippen molar-refractivity contribution in [3.8, 4) is 11.3 Å². The first-order valence-corrected chi connectivity index (χ1v) is 13.2. The summed E-state index contributed by atoms with van der Waals surface area (Å²) < 4.78 is 59.5. The standard InChI is InChI=1S/C24H26F2N4O4S/c25-24(26)6-8-30(16-24)22-4-3-17(14-18(22)20-15-21-19(28-20)2-1-7-27-21)35(32,33)13-5-23(31)29-9-11-34-12-10-29/h1-4,7,14-15,28H,5-6,8-13,16H2. The van der Waals surface area contributed by atoms with Crippen molar-refractivity contribution in [2.24, 2.45) is 0 Å². The van der Waals surface area contributed by atoms with Gasteiger partial charge < -0.3 is 19.5 Å². The average molecular weight is 505 g/mol. The van der Waals surface area contributed by atoms with Gasteiger partial charge in [-0.3, -0.25) is 9.78 Å². The molecule has 2 fully saturated rings. The van der Waals surface area contributed by atoms with Gasteiger partial charge in [0.2, 0.25) is 5.91 Å². The Hall–Kier alpha value is -3.05. The van der Waals surface area contributed by atoms with Crippen LogP contribution in [0.3, 0.4) is 0 Å². The lowest BCUT2D eigenvalue weighted by Gasteiger charge is -2.26. The summed E-state index contributed by atoms with van der Waals surface area (Å²) in [7, 11) is -3.79. The zero-order valence-electron chi connectivity index (χ0n) is 19.0. The van der Waals surface area contributed by atoms with Crippen LogP contribution in [-0.2, 0) is 19.4 Å². The van der Waals surface area contributed by atoms with Gasteiger partial charge in [0.05, 0.1) is 47.1 Å². The molecule has 3 aromatic rings. The van der Waals surface area contributed by atoms with Crippen molar-refractivity contribution in [3.63, 3.8) is 0 Å². The first-order valence-electron chi connectivity index (χ1n) is 11.5. The number of ether oxygens (including phenoxy) is 1. The fourth-order valence-corrected chi connectivity index (χ4v) is 5.81. The van der Waals surface area contributed by atoms with Crippen molar-refractivity contribution in [2.45, 2.75) is 23.7 Å². The monoisotopic (exact) mass is 504 g/mol. The van der Waals surface area contributed by atoms with Gasteiger partial charge in [0.1, 0.15) is 0 Å². The van der Waals surface area contributed by atoms with Crippen molar-refractivity contribution in [3.05, 3.63) is 42.6 Å². The number of anilines is 1. The number of benzene rings is 1. The molecular weight excluding hydrogens is 478 g/mol. The average Bonchev–Trinajstić information content (AvgIpc) is 3.45. The number of H-pyrrole nitrogens is 1. The second kappa shape index (κ2) is 9.19.